The summed E-state index contributed by atoms with van der Waals surface area (Å²) in [6.45, 7) is 6.48. The van der Waals surface area contributed by atoms with Gasteiger partial charge in [0.05, 0.1) is 11.7 Å². The van der Waals surface area contributed by atoms with Crippen LogP contribution < -0.4 is 10.6 Å². The van der Waals surface area contributed by atoms with Crippen LogP contribution in [-0.2, 0) is 4.79 Å². The number of carbonyl (C=O) groups excluding carboxylic acids is 3. The molecule has 1 fully saturated rings. The van der Waals surface area contributed by atoms with E-state index in [1.54, 1.807) is 6.92 Å². The van der Waals surface area contributed by atoms with E-state index >= 15 is 0 Å². The molecule has 206 valence electrons. The molecular formula is C23H36ClN7O4S2. The van der Waals surface area contributed by atoms with E-state index in [-0.39, 0.29) is 36.0 Å². The summed E-state index contributed by atoms with van der Waals surface area (Å²) in [5.41, 5.74) is -0.587. The van der Waals surface area contributed by atoms with Crippen molar-refractivity contribution in [1.29, 1.82) is 0 Å². The number of hydrogen-bond donors (Lipinski definition) is 2. The minimum absolute atomic E-state index is 0. The zero-order valence-electron chi connectivity index (χ0n) is 21.9. The van der Waals surface area contributed by atoms with Crippen molar-refractivity contribution in [3.05, 3.63) is 16.5 Å². The van der Waals surface area contributed by atoms with Crippen LogP contribution in [0, 0.1) is 12.8 Å². The van der Waals surface area contributed by atoms with Gasteiger partial charge in [-0.3, -0.25) is 14.4 Å². The maximum absolute atomic E-state index is 13.7. The summed E-state index contributed by atoms with van der Waals surface area (Å²) in [6.07, 6.45) is 3.97. The first-order chi connectivity index (χ1) is 17.1. The summed E-state index contributed by atoms with van der Waals surface area (Å²) in [7, 11) is 3.94. The molecule has 2 N–H and O–H groups in total. The molecule has 0 saturated heterocycles. The zero-order chi connectivity index (χ0) is 26.3. The topological polar surface area (TPSA) is 143 Å². The number of Topliss-reactive ketones (excluding diaryl/α,β-unsaturated/α-hetero) is 1. The van der Waals surface area contributed by atoms with Crippen molar-refractivity contribution in [3.63, 3.8) is 0 Å². The summed E-state index contributed by atoms with van der Waals surface area (Å²) in [5, 5.41) is 18.0. The van der Waals surface area contributed by atoms with E-state index in [0.29, 0.717) is 35.1 Å². The van der Waals surface area contributed by atoms with Gasteiger partial charge in [-0.25, -0.2) is 0 Å². The van der Waals surface area contributed by atoms with E-state index in [4.69, 9.17) is 4.42 Å². The molecule has 1 unspecified atom stereocenters. The van der Waals surface area contributed by atoms with Gasteiger partial charge in [0.2, 0.25) is 11.7 Å². The van der Waals surface area contributed by atoms with E-state index < -0.39 is 17.4 Å². The Balaban J connectivity index is 0.00000481. The van der Waals surface area contributed by atoms with Crippen molar-refractivity contribution >= 4 is 53.3 Å². The van der Waals surface area contributed by atoms with Gasteiger partial charge in [-0.2, -0.15) is 0 Å². The lowest BCUT2D eigenvalue weighted by Gasteiger charge is -2.37. The van der Waals surface area contributed by atoms with Crippen LogP contribution in [-0.4, -0.2) is 80.3 Å². The van der Waals surface area contributed by atoms with Crippen LogP contribution in [0.25, 0.3) is 0 Å². The fraction of sp³-hybridized carbons (Fsp3) is 0.696. The Morgan fingerprint density at radius 3 is 2.43 bits per heavy atom. The first kappa shape index (κ1) is 31.1. The average Bonchev–Trinajstić information content (AvgIpc) is 3.47. The molecule has 0 aromatic carbocycles. The van der Waals surface area contributed by atoms with E-state index in [1.807, 2.05) is 32.8 Å². The number of hydrogen-bond acceptors (Lipinski definition) is 11. The van der Waals surface area contributed by atoms with Gasteiger partial charge in [-0.15, -0.1) is 27.7 Å². The number of aryl methyl sites for hydroxylation is 1. The third-order valence-electron chi connectivity index (χ3n) is 6.06. The highest BCUT2D eigenvalue weighted by molar-refractivity contribution is 7.99. The first-order valence-corrected chi connectivity index (χ1v) is 13.9. The highest BCUT2D eigenvalue weighted by Crippen LogP contribution is 2.30. The van der Waals surface area contributed by atoms with Crippen LogP contribution in [0.1, 0.15) is 78.4 Å². The van der Waals surface area contributed by atoms with Crippen LogP contribution in [0.15, 0.2) is 9.64 Å². The van der Waals surface area contributed by atoms with E-state index in [9.17, 15) is 14.4 Å². The summed E-state index contributed by atoms with van der Waals surface area (Å²) in [4.78, 5) is 42.4. The summed E-state index contributed by atoms with van der Waals surface area (Å²) in [6, 6.07) is -0.847. The van der Waals surface area contributed by atoms with E-state index in [1.165, 1.54) is 11.8 Å². The molecule has 1 aliphatic rings. The maximum atomic E-state index is 13.7. The van der Waals surface area contributed by atoms with Crippen molar-refractivity contribution in [2.75, 3.05) is 26.4 Å². The molecule has 2 aromatic rings. The van der Waals surface area contributed by atoms with Crippen molar-refractivity contribution < 1.29 is 18.8 Å². The molecule has 1 aliphatic carbocycles. The van der Waals surface area contributed by atoms with Crippen LogP contribution in [0.4, 0.5) is 0 Å². The van der Waals surface area contributed by atoms with Gasteiger partial charge in [0.15, 0.2) is 0 Å². The molecule has 2 heterocycles. The second-order valence-electron chi connectivity index (χ2n) is 9.83. The number of aromatic nitrogens is 4. The highest BCUT2D eigenvalue weighted by Gasteiger charge is 2.43. The molecule has 14 heteroatoms. The number of thioether (sulfide) groups is 1. The second-order valence-corrected chi connectivity index (χ2v) is 11.6. The predicted molar refractivity (Wildman–Crippen MR) is 144 cm³/mol. The van der Waals surface area contributed by atoms with Crippen molar-refractivity contribution in [2.45, 2.75) is 76.1 Å². The second kappa shape index (κ2) is 14.2. The lowest BCUT2D eigenvalue weighted by molar-refractivity contribution is -0.129. The number of carbonyl (C=O) groups is 3. The molecule has 3 rings (SSSR count). The number of nitrogens with zero attached hydrogens (tertiary/aromatic N) is 5. The minimum Gasteiger partial charge on any atom is -0.408 e. The van der Waals surface area contributed by atoms with Crippen LogP contribution in [0.5, 0.6) is 0 Å². The lowest BCUT2D eigenvalue weighted by atomic mass is 9.80. The number of nitrogens with one attached hydrogen (secondary N) is 2. The van der Waals surface area contributed by atoms with Crippen molar-refractivity contribution in [1.82, 2.24) is 35.3 Å². The predicted octanol–water partition coefficient (Wildman–Crippen LogP) is 3.15. The van der Waals surface area contributed by atoms with Crippen LogP contribution in [0.2, 0.25) is 0 Å². The first-order valence-electron chi connectivity index (χ1n) is 12.2. The Labute approximate surface area is 231 Å². The summed E-state index contributed by atoms with van der Waals surface area (Å²) < 4.78 is 9.44. The fourth-order valence-corrected chi connectivity index (χ4v) is 5.53. The van der Waals surface area contributed by atoms with E-state index in [0.717, 1.165) is 43.1 Å². The molecule has 1 saturated carbocycles. The quantitative estimate of drug-likeness (QED) is 0.287. The maximum Gasteiger partial charge on any atom is 0.286 e. The largest absolute Gasteiger partial charge is 0.408 e. The number of halogens is 1. The molecule has 0 bridgehead atoms. The molecule has 0 aliphatic heterocycles. The Hall–Kier alpha value is -2.09. The van der Waals surface area contributed by atoms with Crippen LogP contribution in [0.3, 0.4) is 0 Å². The normalized spacial score (nSPS) is 15.8. The smallest absolute Gasteiger partial charge is 0.286 e. The SMILES string of the molecule is Cc1nnsc1C(=O)NC1(C(=O)NC(CC(C)C)C(=O)c2nnc(SCCN(C)C)o2)CCCCC1.Cl. The minimum atomic E-state index is -1.11. The molecule has 11 nitrogen and oxygen atoms in total. The van der Waals surface area contributed by atoms with Gasteiger partial charge in [0.25, 0.3) is 17.0 Å². The highest BCUT2D eigenvalue weighted by atomic mass is 35.5. The number of amides is 2. The molecule has 1 atom stereocenters. The number of ketones is 1. The Morgan fingerprint density at radius 2 is 1.84 bits per heavy atom. The molecule has 37 heavy (non-hydrogen) atoms. The molecule has 2 aromatic heterocycles. The Morgan fingerprint density at radius 1 is 1.14 bits per heavy atom. The van der Waals surface area contributed by atoms with Gasteiger partial charge < -0.3 is 20.0 Å². The van der Waals surface area contributed by atoms with Gasteiger partial charge in [-0.05, 0) is 57.7 Å². The average molecular weight is 574 g/mol. The van der Waals surface area contributed by atoms with Gasteiger partial charge in [0.1, 0.15) is 10.4 Å². The Kier molecular flexibility index (Phi) is 11.9. The monoisotopic (exact) mass is 573 g/mol. The molecule has 2 amide bonds. The van der Waals surface area contributed by atoms with Crippen molar-refractivity contribution in [3.8, 4) is 0 Å². The summed E-state index contributed by atoms with van der Waals surface area (Å²) >= 11 is 2.38. The Bertz CT molecular complexity index is 1050. The van der Waals surface area contributed by atoms with E-state index in [2.05, 4.69) is 30.4 Å². The lowest BCUT2D eigenvalue weighted by Crippen LogP contribution is -2.62. The third kappa shape index (κ3) is 8.45. The zero-order valence-corrected chi connectivity index (χ0v) is 24.4. The van der Waals surface area contributed by atoms with Gasteiger partial charge >= 0.3 is 0 Å². The fourth-order valence-electron chi connectivity index (χ4n) is 4.11. The molecule has 0 spiro atoms. The van der Waals surface area contributed by atoms with Gasteiger partial charge in [-0.1, -0.05) is 49.4 Å². The number of rotatable bonds is 12. The van der Waals surface area contributed by atoms with Gasteiger partial charge in [0, 0.05) is 12.3 Å². The van der Waals surface area contributed by atoms with Crippen molar-refractivity contribution in [2.24, 2.45) is 5.92 Å². The molecule has 0 radical (unpaired) electrons. The molecular weight excluding hydrogens is 538 g/mol. The third-order valence-corrected chi connectivity index (χ3v) is 7.69. The standard InChI is InChI=1S/C23H35N7O4S2.ClH/c1-14(2)13-16(17(31)20-27-28-22(34-20)35-12-11-30(4)5)24-21(33)23(9-7-6-8-10-23)25-19(32)18-15(3)26-29-36-18;/h14,16H,6-13H2,1-5H3,(H,24,33)(H,25,32);1H. The summed E-state index contributed by atoms with van der Waals surface area (Å²) in [5.74, 6) is -0.428. The van der Waals surface area contributed by atoms with Crippen LogP contribution >= 0.6 is 35.7 Å².